The first-order valence-electron chi connectivity index (χ1n) is 23.2. The number of aliphatic hydroxyl groups excluding tert-OH is 3. The molecule has 3 aliphatic carbocycles. The fourth-order valence-electron chi connectivity index (χ4n) is 11.6. The zero-order chi connectivity index (χ0) is 47.4. The van der Waals surface area contributed by atoms with E-state index in [9.17, 15) is 44.7 Å². The lowest BCUT2D eigenvalue weighted by Crippen LogP contribution is -2.56. The molecule has 2 bridgehead atoms. The van der Waals surface area contributed by atoms with Crippen LogP contribution in [0.1, 0.15) is 108 Å². The second-order valence-corrected chi connectivity index (χ2v) is 19.8. The molecule has 0 radical (unpaired) electrons. The highest BCUT2D eigenvalue weighted by atomic mass is 35.5. The van der Waals surface area contributed by atoms with Gasteiger partial charge in [0, 0.05) is 41.7 Å². The lowest BCUT2D eigenvalue weighted by molar-refractivity contribution is -0.318. The Morgan fingerprint density at radius 1 is 0.879 bits per heavy atom. The number of carbonyl (C=O) groups is 4. The maximum absolute atomic E-state index is 14.7. The molecular weight excluding hydrogens is 880 g/mol. The van der Waals surface area contributed by atoms with Gasteiger partial charge in [-0.2, -0.15) is 0 Å². The van der Waals surface area contributed by atoms with Crippen molar-refractivity contribution < 1.29 is 77.9 Å². The normalized spacial score (nSPS) is 40.9. The Morgan fingerprint density at radius 2 is 1.58 bits per heavy atom. The number of allylic oxidation sites excluding steroid dienone is 2. The quantitative estimate of drug-likeness (QED) is 0.109. The maximum atomic E-state index is 14.7. The van der Waals surface area contributed by atoms with Crippen LogP contribution >= 0.6 is 11.6 Å². The standard InChI is InChI=1S/C49H61ClO16/c1-23-22-49-28(19-30(23)44(55)56)12-9-7-6-8-11-27-15-16-29-31(48(27,5)47(59)65-42(43(49)54)46(58)66-49)13-10-14-36(29)62-37-20-34(52)40(25(3)60-37)63-38-21-35(53)41(26(4)61-38)64-45(57)39-24(2)32(50)17-18-33(39)51/h9,12,15-19,23,25-29,31,34-38,40-41,51-54H,6-8,10-11,13-14,20-22H2,1-5H3,(H,55,56)/b12-9-/t23-,25-,26-,27-,28-,29+,31-,34-,35-,36+,37-,38-,40-,41-,48-,49+/m1/s1. The average Bonchev–Trinajstić information content (AvgIpc) is 3.48. The third-order valence-electron chi connectivity index (χ3n) is 15.2. The predicted octanol–water partition coefficient (Wildman–Crippen LogP) is 6.66. The average molecular weight is 941 g/mol. The molecule has 17 heteroatoms. The van der Waals surface area contributed by atoms with Crippen LogP contribution in [0.4, 0.5) is 0 Å². The van der Waals surface area contributed by atoms with Gasteiger partial charge in [0.25, 0.3) is 5.76 Å². The summed E-state index contributed by atoms with van der Waals surface area (Å²) in [5, 5.41) is 54.8. The lowest BCUT2D eigenvalue weighted by Gasteiger charge is -2.51. The molecule has 0 amide bonds. The van der Waals surface area contributed by atoms with Crippen molar-refractivity contribution in [3.8, 4) is 5.75 Å². The zero-order valence-corrected chi connectivity index (χ0v) is 38.6. The van der Waals surface area contributed by atoms with Gasteiger partial charge in [-0.15, -0.1) is 0 Å². The van der Waals surface area contributed by atoms with Crippen LogP contribution in [-0.2, 0) is 47.5 Å². The molecule has 1 spiro atoms. The van der Waals surface area contributed by atoms with Gasteiger partial charge in [0.15, 0.2) is 30.0 Å². The second kappa shape index (κ2) is 19.0. The summed E-state index contributed by atoms with van der Waals surface area (Å²) in [5.74, 6) is -7.18. The van der Waals surface area contributed by atoms with Crippen molar-refractivity contribution in [1.82, 2.24) is 0 Å². The van der Waals surface area contributed by atoms with Gasteiger partial charge in [-0.25, -0.2) is 14.4 Å². The number of hydrogen-bond acceptors (Lipinski definition) is 15. The van der Waals surface area contributed by atoms with Crippen molar-refractivity contribution in [2.45, 2.75) is 160 Å². The van der Waals surface area contributed by atoms with Crippen molar-refractivity contribution >= 4 is 35.5 Å². The number of benzene rings is 1. The van der Waals surface area contributed by atoms with Crippen LogP contribution in [0.25, 0.3) is 0 Å². The largest absolute Gasteiger partial charge is 0.507 e. The number of aromatic hydroxyl groups is 1. The maximum Gasteiger partial charge on any atom is 0.379 e. The Bertz CT molecular complexity index is 2180. The minimum atomic E-state index is -1.62. The number of carboxylic acid groups (broad SMARTS) is 1. The number of carboxylic acids is 1. The number of phenolic OH excluding ortho intramolecular Hbond substituents is 1. The smallest absolute Gasteiger partial charge is 0.379 e. The van der Waals surface area contributed by atoms with Gasteiger partial charge in [0.2, 0.25) is 0 Å². The molecule has 0 aromatic heterocycles. The first-order chi connectivity index (χ1) is 31.3. The summed E-state index contributed by atoms with van der Waals surface area (Å²) in [7, 11) is 0. The van der Waals surface area contributed by atoms with E-state index in [1.807, 2.05) is 19.1 Å². The summed E-state index contributed by atoms with van der Waals surface area (Å²) in [6.45, 7) is 8.49. The second-order valence-electron chi connectivity index (χ2n) is 19.4. The Kier molecular flexibility index (Phi) is 13.9. The third-order valence-corrected chi connectivity index (χ3v) is 15.6. The van der Waals surface area contributed by atoms with E-state index >= 15 is 0 Å². The molecular formula is C49H61ClO16. The molecule has 360 valence electrons. The third kappa shape index (κ3) is 8.83. The van der Waals surface area contributed by atoms with E-state index in [4.69, 9.17) is 44.8 Å². The van der Waals surface area contributed by atoms with Crippen LogP contribution in [0.2, 0.25) is 5.02 Å². The summed E-state index contributed by atoms with van der Waals surface area (Å²) in [6.07, 6.45) is 6.30. The van der Waals surface area contributed by atoms with Gasteiger partial charge in [-0.1, -0.05) is 61.7 Å². The van der Waals surface area contributed by atoms with E-state index in [1.54, 1.807) is 33.8 Å². The topological polar surface area (TPSA) is 234 Å². The minimum absolute atomic E-state index is 0.0103. The number of carbonyl (C=O) groups excluding carboxylic acids is 3. The predicted molar refractivity (Wildman–Crippen MR) is 233 cm³/mol. The summed E-state index contributed by atoms with van der Waals surface area (Å²) < 4.78 is 42.7. The van der Waals surface area contributed by atoms with Crippen LogP contribution in [-0.4, -0.2) is 110 Å². The molecule has 16 atom stereocenters. The highest BCUT2D eigenvalue weighted by molar-refractivity contribution is 6.32. The number of phenols is 1. The van der Waals surface area contributed by atoms with E-state index in [2.05, 4.69) is 6.08 Å². The number of halogens is 1. The summed E-state index contributed by atoms with van der Waals surface area (Å²) >= 11 is 6.16. The van der Waals surface area contributed by atoms with E-state index in [0.29, 0.717) is 37.7 Å². The Morgan fingerprint density at radius 3 is 2.27 bits per heavy atom. The van der Waals surface area contributed by atoms with Crippen LogP contribution in [0.3, 0.4) is 0 Å². The first kappa shape index (κ1) is 48.2. The molecule has 8 rings (SSSR count). The number of esters is 3. The highest BCUT2D eigenvalue weighted by Gasteiger charge is 2.60. The molecule has 3 fully saturated rings. The minimum Gasteiger partial charge on any atom is -0.507 e. The molecule has 1 aromatic rings. The summed E-state index contributed by atoms with van der Waals surface area (Å²) in [4.78, 5) is 53.5. The number of aliphatic hydroxyl groups is 3. The van der Waals surface area contributed by atoms with Crippen LogP contribution in [0.5, 0.6) is 5.75 Å². The van der Waals surface area contributed by atoms with E-state index < -0.39 is 114 Å². The molecule has 1 aromatic carbocycles. The van der Waals surface area contributed by atoms with Gasteiger partial charge in [0.1, 0.15) is 17.4 Å². The molecule has 0 unspecified atom stereocenters. The van der Waals surface area contributed by atoms with Crippen LogP contribution in [0, 0.1) is 41.9 Å². The Hall–Kier alpha value is -4.29. The molecule has 66 heavy (non-hydrogen) atoms. The Balaban J connectivity index is 0.934. The summed E-state index contributed by atoms with van der Waals surface area (Å²) in [5.41, 5.74) is -2.39. The van der Waals surface area contributed by atoms with E-state index in [1.165, 1.54) is 18.2 Å². The fraction of sp³-hybridized carbons (Fsp3) is 0.633. The SMILES string of the molecule is Cc1c(Cl)ccc(O)c1C(=O)O[C@H]1[C@H](O)C[C@@H](O[C@H]2[C@H](O)C[C@@H](O[C@H]3CCC[C@@H]4[C@@H]3C=C[C@H]3CCCC/C=C\[C@@H]5C=C(C(=O)O)[C@H](C)C[C@]56OC(=O)C(=C6O)OC(=O)[C@@]43C)O[C@@H]2C)O[C@@H]1C. The van der Waals surface area contributed by atoms with Gasteiger partial charge in [-0.3, -0.25) is 4.79 Å². The molecule has 1 saturated carbocycles. The number of ether oxygens (including phenoxy) is 7. The molecule has 2 saturated heterocycles. The lowest BCUT2D eigenvalue weighted by atomic mass is 9.55. The van der Waals surface area contributed by atoms with Crippen molar-refractivity contribution in [3.05, 3.63) is 75.8 Å². The highest BCUT2D eigenvalue weighted by Crippen LogP contribution is 2.55. The molecule has 16 nitrogen and oxygen atoms in total. The van der Waals surface area contributed by atoms with Crippen molar-refractivity contribution in [3.63, 3.8) is 0 Å². The molecule has 5 N–H and O–H groups in total. The van der Waals surface area contributed by atoms with Crippen LogP contribution in [0.15, 0.2) is 59.6 Å². The van der Waals surface area contributed by atoms with Gasteiger partial charge in [-0.05, 0) is 95.2 Å². The van der Waals surface area contributed by atoms with Crippen molar-refractivity contribution in [1.29, 1.82) is 0 Å². The first-order valence-corrected chi connectivity index (χ1v) is 23.6. The summed E-state index contributed by atoms with van der Waals surface area (Å²) in [6, 6.07) is 2.75. The van der Waals surface area contributed by atoms with E-state index in [-0.39, 0.29) is 58.9 Å². The monoisotopic (exact) mass is 940 g/mol. The van der Waals surface area contributed by atoms with Crippen LogP contribution < -0.4 is 0 Å². The molecule has 4 aliphatic heterocycles. The van der Waals surface area contributed by atoms with Gasteiger partial charge >= 0.3 is 23.9 Å². The zero-order valence-electron chi connectivity index (χ0n) is 37.8. The van der Waals surface area contributed by atoms with Gasteiger partial charge < -0.3 is 58.7 Å². The molecule has 4 heterocycles. The Labute approximate surface area is 388 Å². The van der Waals surface area contributed by atoms with Crippen molar-refractivity contribution in [2.75, 3.05) is 0 Å². The number of fused-ring (bicyclic) bond motifs is 3. The van der Waals surface area contributed by atoms with Crippen molar-refractivity contribution in [2.24, 2.45) is 35.0 Å². The number of hydrogen-bond donors (Lipinski definition) is 5. The fourth-order valence-corrected chi connectivity index (χ4v) is 11.7. The van der Waals surface area contributed by atoms with E-state index in [0.717, 1.165) is 12.8 Å². The molecule has 7 aliphatic rings. The van der Waals surface area contributed by atoms with Gasteiger partial charge in [0.05, 0.1) is 35.9 Å². The number of aliphatic carboxylic acids is 1. The number of rotatable bonds is 7.